The Balaban J connectivity index is 0.00000249. The monoisotopic (exact) mass is 576 g/mol. The van der Waals surface area contributed by atoms with Crippen molar-refractivity contribution in [3.8, 4) is 0 Å². The number of carbonyl (C=O) groups excluding carboxylic acids is 2. The van der Waals surface area contributed by atoms with Gasteiger partial charge in [0.25, 0.3) is 5.91 Å². The third-order valence-electron chi connectivity index (χ3n) is 4.61. The molecule has 0 saturated heterocycles. The minimum atomic E-state index is -0.217. The fourth-order valence-corrected chi connectivity index (χ4v) is 3.92. The van der Waals surface area contributed by atoms with Gasteiger partial charge in [-0.25, -0.2) is 4.98 Å². The van der Waals surface area contributed by atoms with Crippen molar-refractivity contribution in [2.24, 2.45) is 0 Å². The van der Waals surface area contributed by atoms with Gasteiger partial charge in [0.1, 0.15) is 5.82 Å². The average molecular weight is 576 g/mol. The van der Waals surface area contributed by atoms with E-state index in [1.54, 1.807) is 11.9 Å². The molecule has 1 heterocycles. The van der Waals surface area contributed by atoms with E-state index >= 15 is 0 Å². The molecule has 0 aliphatic carbocycles. The number of hydrogen-bond donors (Lipinski definition) is 2. The van der Waals surface area contributed by atoms with Crippen LogP contribution in [0.4, 0.5) is 5.82 Å². The smallest absolute Gasteiger partial charge is 0.274 e. The van der Waals surface area contributed by atoms with E-state index in [1.165, 1.54) is 0 Å². The molecular weight excluding hydrogens is 542 g/mol. The van der Waals surface area contributed by atoms with Crippen LogP contribution in [-0.4, -0.2) is 58.7 Å². The zero-order valence-electron chi connectivity index (χ0n) is 19.2. The molecule has 1 aromatic heterocycles. The molecule has 2 N–H and O–H groups in total. The SMILES string of the molecule is CC.Cc1ccc(Cn2c(CCCO)nc(NC=O)c2C(=O)N(C)CCCOPI)cc1. The summed E-state index contributed by atoms with van der Waals surface area (Å²) in [6.07, 6.45) is 2.26. The second-order valence-electron chi connectivity index (χ2n) is 6.89. The lowest BCUT2D eigenvalue weighted by atomic mass is 10.1. The second-order valence-corrected chi connectivity index (χ2v) is 8.66. The number of aliphatic hydroxyl groups excluding tert-OH is 1. The maximum atomic E-state index is 13.3. The highest BCUT2D eigenvalue weighted by Gasteiger charge is 2.25. The number of imidazole rings is 1. The number of amides is 2. The molecule has 178 valence electrons. The Kier molecular flexibility index (Phi) is 14.4. The van der Waals surface area contributed by atoms with Crippen molar-refractivity contribution >= 4 is 46.6 Å². The average Bonchev–Trinajstić information content (AvgIpc) is 3.14. The van der Waals surface area contributed by atoms with Crippen LogP contribution in [0.5, 0.6) is 0 Å². The fourth-order valence-electron chi connectivity index (χ4n) is 3.04. The highest BCUT2D eigenvalue weighted by molar-refractivity contribution is 14.2. The number of aromatic nitrogens is 2. The van der Waals surface area contributed by atoms with Gasteiger partial charge in [0.15, 0.2) is 11.5 Å². The molecule has 0 fully saturated rings. The summed E-state index contributed by atoms with van der Waals surface area (Å²) in [5.74, 6) is 0.679. The number of hydrogen-bond acceptors (Lipinski definition) is 5. The quantitative estimate of drug-likeness (QED) is 0.162. The van der Waals surface area contributed by atoms with Crippen molar-refractivity contribution in [3.05, 3.63) is 46.9 Å². The van der Waals surface area contributed by atoms with Crippen molar-refractivity contribution < 1.29 is 19.2 Å². The molecule has 8 nitrogen and oxygen atoms in total. The molecule has 0 aliphatic heterocycles. The van der Waals surface area contributed by atoms with Crippen LogP contribution in [-0.2, 0) is 22.3 Å². The van der Waals surface area contributed by atoms with Gasteiger partial charge in [0, 0.05) is 33.2 Å². The van der Waals surface area contributed by atoms with Crippen LogP contribution in [0.15, 0.2) is 24.3 Å². The third-order valence-corrected chi connectivity index (χ3v) is 5.85. The highest BCUT2D eigenvalue weighted by atomic mass is 127. The molecule has 0 spiro atoms. The van der Waals surface area contributed by atoms with Gasteiger partial charge in [-0.2, -0.15) is 0 Å². The Labute approximate surface area is 205 Å². The molecular formula is C22H34IN4O4P. The first-order chi connectivity index (χ1) is 15.5. The first kappa shape index (κ1) is 28.5. The predicted octanol–water partition coefficient (Wildman–Crippen LogP) is 4.18. The summed E-state index contributed by atoms with van der Waals surface area (Å²) >= 11 is 2.17. The molecule has 10 heteroatoms. The van der Waals surface area contributed by atoms with E-state index < -0.39 is 0 Å². The second kappa shape index (κ2) is 16.1. The van der Waals surface area contributed by atoms with E-state index in [0.29, 0.717) is 56.9 Å². The Morgan fingerprint density at radius 3 is 2.59 bits per heavy atom. The van der Waals surface area contributed by atoms with Gasteiger partial charge >= 0.3 is 0 Å². The van der Waals surface area contributed by atoms with E-state index in [2.05, 4.69) is 32.3 Å². The van der Waals surface area contributed by atoms with Gasteiger partial charge in [-0.15, -0.1) is 0 Å². The molecule has 2 rings (SSSR count). The van der Waals surface area contributed by atoms with E-state index in [1.807, 2.05) is 49.6 Å². The van der Waals surface area contributed by atoms with E-state index in [9.17, 15) is 14.7 Å². The Morgan fingerprint density at radius 1 is 1.31 bits per heavy atom. The maximum absolute atomic E-state index is 13.3. The first-order valence-electron chi connectivity index (χ1n) is 10.7. The topological polar surface area (TPSA) is 96.7 Å². The first-order valence-corrected chi connectivity index (χ1v) is 14.7. The van der Waals surface area contributed by atoms with Crippen molar-refractivity contribution in [1.82, 2.24) is 14.5 Å². The summed E-state index contributed by atoms with van der Waals surface area (Å²) in [5.41, 5.74) is 2.52. The summed E-state index contributed by atoms with van der Waals surface area (Å²) in [7, 11) is 1.73. The molecule has 0 bridgehead atoms. The lowest BCUT2D eigenvalue weighted by molar-refractivity contribution is -0.105. The summed E-state index contributed by atoms with van der Waals surface area (Å²) in [4.78, 5) is 30.5. The van der Waals surface area contributed by atoms with Crippen LogP contribution in [0.2, 0.25) is 0 Å². The number of benzene rings is 1. The number of nitrogens with zero attached hydrogens (tertiary/aromatic N) is 3. The van der Waals surface area contributed by atoms with Crippen LogP contribution in [0, 0.1) is 6.92 Å². The molecule has 1 aromatic carbocycles. The molecule has 2 amide bonds. The third kappa shape index (κ3) is 8.77. The Bertz CT molecular complexity index is 830. The van der Waals surface area contributed by atoms with Gasteiger partial charge in [-0.1, -0.05) is 43.7 Å². The van der Waals surface area contributed by atoms with Crippen LogP contribution < -0.4 is 5.32 Å². The fraction of sp³-hybridized carbons (Fsp3) is 0.500. The van der Waals surface area contributed by atoms with Gasteiger partial charge in [-0.05, 0) is 47.4 Å². The van der Waals surface area contributed by atoms with E-state index in [0.717, 1.165) is 17.5 Å². The van der Waals surface area contributed by atoms with Crippen molar-refractivity contribution in [2.75, 3.05) is 32.1 Å². The van der Waals surface area contributed by atoms with Gasteiger partial charge < -0.3 is 24.4 Å². The maximum Gasteiger partial charge on any atom is 0.274 e. The van der Waals surface area contributed by atoms with E-state index in [-0.39, 0.29) is 18.3 Å². The largest absolute Gasteiger partial charge is 0.396 e. The van der Waals surface area contributed by atoms with Crippen LogP contribution in [0.1, 0.15) is 54.1 Å². The van der Waals surface area contributed by atoms with Gasteiger partial charge in [0.2, 0.25) is 6.41 Å². The summed E-state index contributed by atoms with van der Waals surface area (Å²) in [6, 6.07) is 8.06. The van der Waals surface area contributed by atoms with Crippen molar-refractivity contribution in [3.63, 3.8) is 0 Å². The highest BCUT2D eigenvalue weighted by Crippen LogP contribution is 2.23. The number of aliphatic hydroxyl groups is 1. The van der Waals surface area contributed by atoms with Crippen molar-refractivity contribution in [1.29, 1.82) is 0 Å². The van der Waals surface area contributed by atoms with Crippen LogP contribution >= 0.6 is 28.5 Å². The summed E-state index contributed by atoms with van der Waals surface area (Å²) < 4.78 is 7.21. The predicted molar refractivity (Wildman–Crippen MR) is 139 cm³/mol. The number of anilines is 1. The van der Waals surface area contributed by atoms with Crippen LogP contribution in [0.3, 0.4) is 0 Å². The van der Waals surface area contributed by atoms with E-state index in [4.69, 9.17) is 4.52 Å². The normalized spacial score (nSPS) is 10.7. The standard InChI is InChI=1S/C20H28IN4O4P.C2H6/c1-15-6-8-16(9-7-15)13-25-17(5-3-11-26)23-19(22-14-27)18(25)20(28)24(2)10-4-12-29-30-21;1-2/h6-9,14,26,30H,3-5,10-13H2,1-2H3,(H,22,27);1-2H3. The van der Waals surface area contributed by atoms with Gasteiger partial charge in [0.05, 0.1) is 13.1 Å². The lowest BCUT2D eigenvalue weighted by Crippen LogP contribution is -2.31. The number of halogens is 1. The number of carbonyl (C=O) groups is 2. The molecule has 0 radical (unpaired) electrons. The minimum Gasteiger partial charge on any atom is -0.396 e. The lowest BCUT2D eigenvalue weighted by Gasteiger charge is -2.19. The Hall–Kier alpha value is -1.55. The zero-order chi connectivity index (χ0) is 23.9. The van der Waals surface area contributed by atoms with Gasteiger partial charge in [-0.3, -0.25) is 9.59 Å². The summed E-state index contributed by atoms with van der Waals surface area (Å²) in [6.45, 7) is 8.00. The number of aryl methyl sites for hydroxylation is 2. The summed E-state index contributed by atoms with van der Waals surface area (Å²) in [5, 5.41) is 11.8. The van der Waals surface area contributed by atoms with Crippen LogP contribution in [0.25, 0.3) is 0 Å². The minimum absolute atomic E-state index is 0.0223. The number of rotatable bonds is 13. The molecule has 0 saturated carbocycles. The molecule has 32 heavy (non-hydrogen) atoms. The molecule has 0 aliphatic rings. The van der Waals surface area contributed by atoms with Crippen molar-refractivity contribution in [2.45, 2.75) is 46.6 Å². The molecule has 1 unspecified atom stereocenters. The number of nitrogens with one attached hydrogen (secondary N) is 1. The zero-order valence-corrected chi connectivity index (χ0v) is 22.4. The Morgan fingerprint density at radius 2 is 2.00 bits per heavy atom. The molecule has 1 atom stereocenters. The molecule has 2 aromatic rings.